The molecule has 10 aromatic carbocycles. The Bertz CT molecular complexity index is 3510. The number of aromatic nitrogens is 1. The largest absolute Gasteiger partial charge is 0.455 e. The Kier molecular flexibility index (Phi) is 7.54. The van der Waals surface area contributed by atoms with Gasteiger partial charge in [0.25, 0.3) is 0 Å². The Balaban J connectivity index is 1.05. The van der Waals surface area contributed by atoms with Crippen molar-refractivity contribution in [3.05, 3.63) is 218 Å². The van der Waals surface area contributed by atoms with Gasteiger partial charge in [-0.1, -0.05) is 152 Å². The molecule has 0 spiro atoms. The van der Waals surface area contributed by atoms with Crippen LogP contribution in [0.5, 0.6) is 0 Å². The molecule has 0 unspecified atom stereocenters. The minimum atomic E-state index is 0.886. The molecule has 0 aliphatic heterocycles. The third kappa shape index (κ3) is 5.36. The molecule has 0 atom stereocenters. The summed E-state index contributed by atoms with van der Waals surface area (Å²) >= 11 is 0. The molecule has 3 nitrogen and oxygen atoms in total. The molecule has 3 heteroatoms. The van der Waals surface area contributed by atoms with E-state index in [-0.39, 0.29) is 0 Å². The van der Waals surface area contributed by atoms with Crippen molar-refractivity contribution in [3.63, 3.8) is 0 Å². The van der Waals surface area contributed by atoms with Gasteiger partial charge < -0.3 is 13.9 Å². The van der Waals surface area contributed by atoms with E-state index >= 15 is 0 Å². The van der Waals surface area contributed by atoms with Gasteiger partial charge in [0.05, 0.1) is 16.7 Å². The summed E-state index contributed by atoms with van der Waals surface area (Å²) in [5.41, 5.74) is 13.2. The molecule has 0 saturated heterocycles. The summed E-state index contributed by atoms with van der Waals surface area (Å²) in [5, 5.41) is 9.51. The molecule has 0 fully saturated rings. The highest BCUT2D eigenvalue weighted by atomic mass is 16.3. The van der Waals surface area contributed by atoms with Gasteiger partial charge in [-0.05, 0) is 99.6 Å². The molecule has 0 N–H and O–H groups in total. The SMILES string of the molecule is c1cc(N(c2ccc(-c3cccc4ccccc34)cc2)c2ccccc2-c2ccc3oc4c5ccccc5ccc4c3c2)cc(-n2c3ccccc3c3ccccc32)c1. The van der Waals surface area contributed by atoms with Crippen LogP contribution in [-0.4, -0.2) is 4.57 Å². The first kappa shape index (κ1) is 33.3. The average Bonchev–Trinajstić information content (AvgIpc) is 3.85. The molecular formula is C56H36N2O. The normalized spacial score (nSPS) is 11.7. The van der Waals surface area contributed by atoms with Crippen molar-refractivity contribution in [3.8, 4) is 27.9 Å². The quantitative estimate of drug-likeness (QED) is 0.169. The lowest BCUT2D eigenvalue weighted by molar-refractivity contribution is 0.672. The molecule has 0 radical (unpaired) electrons. The highest BCUT2D eigenvalue weighted by Crippen LogP contribution is 2.44. The zero-order valence-corrected chi connectivity index (χ0v) is 32.1. The molecule has 59 heavy (non-hydrogen) atoms. The van der Waals surface area contributed by atoms with Crippen molar-refractivity contribution in [2.24, 2.45) is 0 Å². The number of nitrogens with zero attached hydrogens (tertiary/aromatic N) is 2. The molecule has 0 saturated carbocycles. The fraction of sp³-hybridized carbons (Fsp3) is 0. The zero-order valence-electron chi connectivity index (χ0n) is 32.1. The third-order valence-corrected chi connectivity index (χ3v) is 12.0. The van der Waals surface area contributed by atoms with Crippen LogP contribution in [0.1, 0.15) is 0 Å². The second-order valence-electron chi connectivity index (χ2n) is 15.3. The second kappa shape index (κ2) is 13.4. The van der Waals surface area contributed by atoms with Crippen LogP contribution >= 0.6 is 0 Å². The highest BCUT2D eigenvalue weighted by molar-refractivity contribution is 6.16. The topological polar surface area (TPSA) is 21.3 Å². The molecule has 0 bridgehead atoms. The number of para-hydroxylation sites is 3. The number of hydrogen-bond acceptors (Lipinski definition) is 2. The first-order valence-corrected chi connectivity index (χ1v) is 20.2. The Labute approximate surface area is 341 Å². The maximum absolute atomic E-state index is 6.54. The van der Waals surface area contributed by atoms with Crippen molar-refractivity contribution in [2.75, 3.05) is 4.90 Å². The van der Waals surface area contributed by atoms with Crippen LogP contribution in [0.3, 0.4) is 0 Å². The van der Waals surface area contributed by atoms with E-state index in [1.807, 2.05) is 0 Å². The van der Waals surface area contributed by atoms with Crippen LogP contribution in [0.4, 0.5) is 17.1 Å². The van der Waals surface area contributed by atoms with Crippen LogP contribution in [0.25, 0.3) is 93.2 Å². The standard InChI is InChI=1S/C56H36N2O/c1-3-18-44-37(13-1)15-11-23-45(44)39-27-31-41(32-28-39)57(42-16-12-17-43(36-42)58-53-25-9-6-21-48(53)49-22-7-10-26-54(49)58)52-24-8-5-19-46(52)40-30-34-55-51(35-40)50-33-29-38-14-2-4-20-47(38)56(50)59-55/h1-36H. The van der Waals surface area contributed by atoms with Crippen molar-refractivity contribution in [2.45, 2.75) is 0 Å². The number of hydrogen-bond donors (Lipinski definition) is 0. The molecule has 0 aliphatic carbocycles. The zero-order chi connectivity index (χ0) is 38.9. The minimum absolute atomic E-state index is 0.886. The van der Waals surface area contributed by atoms with Crippen LogP contribution in [0.15, 0.2) is 223 Å². The van der Waals surface area contributed by atoms with Gasteiger partial charge in [-0.2, -0.15) is 0 Å². The van der Waals surface area contributed by atoms with Gasteiger partial charge in [0.1, 0.15) is 11.2 Å². The molecule has 0 amide bonds. The Morgan fingerprint density at radius 3 is 1.76 bits per heavy atom. The van der Waals surface area contributed by atoms with Crippen molar-refractivity contribution >= 4 is 82.4 Å². The summed E-state index contributed by atoms with van der Waals surface area (Å²) in [5.74, 6) is 0. The van der Waals surface area contributed by atoms with Gasteiger partial charge >= 0.3 is 0 Å². The summed E-state index contributed by atoms with van der Waals surface area (Å²) in [6.07, 6.45) is 0. The van der Waals surface area contributed by atoms with E-state index in [1.165, 1.54) is 49.1 Å². The van der Waals surface area contributed by atoms with E-state index in [4.69, 9.17) is 4.42 Å². The summed E-state index contributed by atoms with van der Waals surface area (Å²) in [7, 11) is 0. The maximum atomic E-state index is 6.54. The Morgan fingerprint density at radius 1 is 0.356 bits per heavy atom. The summed E-state index contributed by atoms with van der Waals surface area (Å²) in [4.78, 5) is 2.41. The van der Waals surface area contributed by atoms with E-state index in [2.05, 4.69) is 228 Å². The molecular weight excluding hydrogens is 717 g/mol. The minimum Gasteiger partial charge on any atom is -0.455 e. The Morgan fingerprint density at radius 2 is 0.966 bits per heavy atom. The van der Waals surface area contributed by atoms with E-state index < -0.39 is 0 Å². The number of anilines is 3. The lowest BCUT2D eigenvalue weighted by Gasteiger charge is -2.28. The highest BCUT2D eigenvalue weighted by Gasteiger charge is 2.20. The molecule has 2 heterocycles. The van der Waals surface area contributed by atoms with Gasteiger partial charge in [0, 0.05) is 49.6 Å². The fourth-order valence-corrected chi connectivity index (χ4v) is 9.25. The van der Waals surface area contributed by atoms with Crippen LogP contribution < -0.4 is 4.90 Å². The first-order chi connectivity index (χ1) is 29.3. The van der Waals surface area contributed by atoms with E-state index in [0.29, 0.717) is 0 Å². The summed E-state index contributed by atoms with van der Waals surface area (Å²) in [6.45, 7) is 0. The second-order valence-corrected chi connectivity index (χ2v) is 15.3. The Hall–Kier alpha value is -7.88. The van der Waals surface area contributed by atoms with E-state index in [0.717, 1.165) is 61.2 Å². The number of furan rings is 1. The monoisotopic (exact) mass is 752 g/mol. The summed E-state index contributed by atoms with van der Waals surface area (Å²) < 4.78 is 8.94. The molecule has 12 rings (SSSR count). The van der Waals surface area contributed by atoms with Gasteiger partial charge in [0.2, 0.25) is 0 Å². The third-order valence-electron chi connectivity index (χ3n) is 12.0. The molecule has 0 aliphatic rings. The van der Waals surface area contributed by atoms with Crippen LogP contribution in [0.2, 0.25) is 0 Å². The molecule has 12 aromatic rings. The van der Waals surface area contributed by atoms with Crippen LogP contribution in [0, 0.1) is 0 Å². The predicted molar refractivity (Wildman–Crippen MR) is 249 cm³/mol. The molecule has 276 valence electrons. The van der Waals surface area contributed by atoms with Crippen molar-refractivity contribution < 1.29 is 4.42 Å². The maximum Gasteiger partial charge on any atom is 0.143 e. The van der Waals surface area contributed by atoms with Gasteiger partial charge in [0.15, 0.2) is 0 Å². The average molecular weight is 753 g/mol. The lowest BCUT2D eigenvalue weighted by atomic mass is 9.97. The van der Waals surface area contributed by atoms with Gasteiger partial charge in [-0.25, -0.2) is 0 Å². The lowest BCUT2D eigenvalue weighted by Crippen LogP contribution is -2.11. The first-order valence-electron chi connectivity index (χ1n) is 20.2. The number of fused-ring (bicyclic) bond motifs is 9. The van der Waals surface area contributed by atoms with E-state index in [1.54, 1.807) is 0 Å². The van der Waals surface area contributed by atoms with Gasteiger partial charge in [-0.15, -0.1) is 0 Å². The smallest absolute Gasteiger partial charge is 0.143 e. The van der Waals surface area contributed by atoms with Gasteiger partial charge in [-0.3, -0.25) is 0 Å². The van der Waals surface area contributed by atoms with E-state index in [9.17, 15) is 0 Å². The van der Waals surface area contributed by atoms with Crippen LogP contribution in [-0.2, 0) is 0 Å². The molecule has 2 aromatic heterocycles. The van der Waals surface area contributed by atoms with Crippen molar-refractivity contribution in [1.29, 1.82) is 0 Å². The summed E-state index contributed by atoms with van der Waals surface area (Å²) in [6, 6.07) is 78.8. The number of rotatable bonds is 6. The number of benzene rings is 10. The predicted octanol–water partition coefficient (Wildman–Crippen LogP) is 15.8. The fourth-order valence-electron chi connectivity index (χ4n) is 9.25. The van der Waals surface area contributed by atoms with Crippen molar-refractivity contribution in [1.82, 2.24) is 4.57 Å².